The van der Waals surface area contributed by atoms with E-state index in [9.17, 15) is 9.18 Å². The van der Waals surface area contributed by atoms with Gasteiger partial charge in [0.25, 0.3) is 5.91 Å². The van der Waals surface area contributed by atoms with E-state index in [0.717, 1.165) is 44.4 Å². The number of nitrogens with zero attached hydrogens (tertiary/aromatic N) is 5. The van der Waals surface area contributed by atoms with Crippen molar-refractivity contribution in [1.29, 1.82) is 0 Å². The standard InChI is InChI=1S/C26H28F2N8O2/c1-15-10-17-22(28)19(11-18(27)23(17)33-15)38-26-21(25(37)29-2)24(31-14-32-26)34-20-5-4-16(12-30-20)13-36-8-6-35(3)7-9-36/h4-5,10-12,14,33H,6-9,13H2,1-3H3,(H,29,37)(H,30,31,32,34). The van der Waals surface area contributed by atoms with Gasteiger partial charge >= 0.3 is 0 Å². The molecule has 1 amide bonds. The minimum Gasteiger partial charge on any atom is -0.435 e. The number of nitrogens with one attached hydrogen (secondary N) is 3. The topological polar surface area (TPSA) is 111 Å². The third-order valence-electron chi connectivity index (χ3n) is 6.45. The Hall–Kier alpha value is -4.16. The van der Waals surface area contributed by atoms with Crippen LogP contribution in [0, 0.1) is 18.6 Å². The van der Waals surface area contributed by atoms with Gasteiger partial charge in [-0.3, -0.25) is 9.69 Å². The lowest BCUT2D eigenvalue weighted by Crippen LogP contribution is -2.43. The number of ether oxygens (including phenoxy) is 1. The van der Waals surface area contributed by atoms with Crippen LogP contribution in [0.5, 0.6) is 11.6 Å². The molecule has 1 fully saturated rings. The Labute approximate surface area is 218 Å². The number of aryl methyl sites for hydroxylation is 1. The van der Waals surface area contributed by atoms with Crippen molar-refractivity contribution in [2.24, 2.45) is 0 Å². The molecule has 3 N–H and O–H groups in total. The molecule has 1 saturated heterocycles. The van der Waals surface area contributed by atoms with Crippen molar-refractivity contribution in [2.75, 3.05) is 45.6 Å². The number of halogens is 2. The molecule has 38 heavy (non-hydrogen) atoms. The number of benzene rings is 1. The number of likely N-dealkylation sites (N-methyl/N-ethyl adjacent to an activating group) is 1. The number of rotatable bonds is 7. The Balaban J connectivity index is 1.40. The van der Waals surface area contributed by atoms with E-state index in [1.165, 1.54) is 19.4 Å². The number of hydrogen-bond donors (Lipinski definition) is 3. The summed E-state index contributed by atoms with van der Waals surface area (Å²) in [5.41, 5.74) is 1.61. The van der Waals surface area contributed by atoms with Crippen molar-refractivity contribution in [2.45, 2.75) is 13.5 Å². The van der Waals surface area contributed by atoms with E-state index in [4.69, 9.17) is 4.74 Å². The molecule has 1 aliphatic rings. The van der Waals surface area contributed by atoms with Gasteiger partial charge in [-0.05, 0) is 31.7 Å². The van der Waals surface area contributed by atoms with Crippen molar-refractivity contribution in [3.8, 4) is 11.6 Å². The van der Waals surface area contributed by atoms with Gasteiger partial charge in [0.2, 0.25) is 5.88 Å². The van der Waals surface area contributed by atoms with Crippen LogP contribution in [-0.4, -0.2) is 75.9 Å². The summed E-state index contributed by atoms with van der Waals surface area (Å²) < 4.78 is 35.4. The van der Waals surface area contributed by atoms with E-state index in [-0.39, 0.29) is 28.2 Å². The van der Waals surface area contributed by atoms with Crippen LogP contribution in [0.15, 0.2) is 36.8 Å². The Morgan fingerprint density at radius 1 is 1.13 bits per heavy atom. The number of amides is 1. The van der Waals surface area contributed by atoms with E-state index in [2.05, 4.69) is 47.4 Å². The van der Waals surface area contributed by atoms with Gasteiger partial charge in [-0.15, -0.1) is 0 Å². The largest absolute Gasteiger partial charge is 0.435 e. The smallest absolute Gasteiger partial charge is 0.260 e. The molecule has 0 bridgehead atoms. The van der Waals surface area contributed by atoms with Crippen LogP contribution in [0.1, 0.15) is 21.6 Å². The van der Waals surface area contributed by atoms with Gasteiger partial charge in [0.1, 0.15) is 17.7 Å². The molecule has 4 heterocycles. The predicted molar refractivity (Wildman–Crippen MR) is 139 cm³/mol. The maximum atomic E-state index is 15.1. The molecule has 10 nitrogen and oxygen atoms in total. The van der Waals surface area contributed by atoms with Crippen LogP contribution in [0.25, 0.3) is 10.9 Å². The maximum absolute atomic E-state index is 15.1. The number of aromatic amines is 1. The zero-order valence-corrected chi connectivity index (χ0v) is 21.3. The summed E-state index contributed by atoms with van der Waals surface area (Å²) in [7, 11) is 3.55. The second-order valence-corrected chi connectivity index (χ2v) is 9.25. The minimum atomic E-state index is -0.778. The van der Waals surface area contributed by atoms with Gasteiger partial charge in [-0.2, -0.15) is 0 Å². The number of carbonyl (C=O) groups is 1. The highest BCUT2D eigenvalue weighted by Crippen LogP contribution is 2.34. The molecule has 0 spiro atoms. The second kappa shape index (κ2) is 10.7. The van der Waals surface area contributed by atoms with E-state index in [0.29, 0.717) is 11.5 Å². The fourth-order valence-electron chi connectivity index (χ4n) is 4.36. The fraction of sp³-hybridized carbons (Fsp3) is 0.308. The van der Waals surface area contributed by atoms with Crippen molar-refractivity contribution in [3.05, 3.63) is 65.2 Å². The second-order valence-electron chi connectivity index (χ2n) is 9.25. The van der Waals surface area contributed by atoms with Crippen molar-refractivity contribution < 1.29 is 18.3 Å². The number of H-pyrrole nitrogens is 1. The molecule has 1 aromatic carbocycles. The van der Waals surface area contributed by atoms with Crippen LogP contribution in [0.2, 0.25) is 0 Å². The lowest BCUT2D eigenvalue weighted by Gasteiger charge is -2.32. The van der Waals surface area contributed by atoms with Crippen LogP contribution in [-0.2, 0) is 6.54 Å². The molecular weight excluding hydrogens is 494 g/mol. The third kappa shape index (κ3) is 5.27. The summed E-state index contributed by atoms with van der Waals surface area (Å²) in [6.07, 6.45) is 2.93. The molecule has 3 aromatic heterocycles. The van der Waals surface area contributed by atoms with Crippen molar-refractivity contribution in [1.82, 2.24) is 35.1 Å². The SMILES string of the molecule is CNC(=O)c1c(Nc2ccc(CN3CCN(C)CC3)cn2)ncnc1Oc1cc(F)c2[nH]c(C)cc2c1F. The minimum absolute atomic E-state index is 0.0334. The highest BCUT2D eigenvalue weighted by Gasteiger charge is 2.24. The maximum Gasteiger partial charge on any atom is 0.260 e. The van der Waals surface area contributed by atoms with Crippen molar-refractivity contribution >= 4 is 28.4 Å². The van der Waals surface area contributed by atoms with E-state index in [1.807, 2.05) is 6.07 Å². The number of piperazine rings is 1. The summed E-state index contributed by atoms with van der Waals surface area (Å²) in [5, 5.41) is 5.56. The first kappa shape index (κ1) is 25.5. The average molecular weight is 523 g/mol. The molecule has 5 rings (SSSR count). The number of anilines is 2. The molecular formula is C26H28F2N8O2. The summed E-state index contributed by atoms with van der Waals surface area (Å²) in [6, 6.07) is 6.14. The molecule has 0 aliphatic carbocycles. The number of pyridine rings is 1. The highest BCUT2D eigenvalue weighted by atomic mass is 19.1. The molecule has 198 valence electrons. The van der Waals surface area contributed by atoms with Gasteiger partial charge in [0.15, 0.2) is 23.2 Å². The zero-order valence-electron chi connectivity index (χ0n) is 21.3. The molecule has 0 radical (unpaired) electrons. The average Bonchev–Trinajstić information content (AvgIpc) is 3.32. The first-order chi connectivity index (χ1) is 18.3. The normalized spacial score (nSPS) is 14.6. The van der Waals surface area contributed by atoms with Crippen LogP contribution < -0.4 is 15.4 Å². The molecule has 1 aliphatic heterocycles. The summed E-state index contributed by atoms with van der Waals surface area (Å²) >= 11 is 0. The van der Waals surface area contributed by atoms with Gasteiger partial charge in [-0.25, -0.2) is 23.7 Å². The number of hydrogen-bond acceptors (Lipinski definition) is 8. The highest BCUT2D eigenvalue weighted by molar-refractivity contribution is 6.01. The van der Waals surface area contributed by atoms with E-state index >= 15 is 4.39 Å². The Morgan fingerprint density at radius 2 is 1.92 bits per heavy atom. The third-order valence-corrected chi connectivity index (χ3v) is 6.45. The monoisotopic (exact) mass is 522 g/mol. The number of aromatic nitrogens is 4. The van der Waals surface area contributed by atoms with Gasteiger partial charge < -0.3 is 25.3 Å². The molecule has 0 atom stereocenters. The fourth-order valence-corrected chi connectivity index (χ4v) is 4.36. The lowest BCUT2D eigenvalue weighted by molar-refractivity contribution is 0.0960. The number of carbonyl (C=O) groups excluding carboxylic acids is 1. The summed E-state index contributed by atoms with van der Waals surface area (Å²) in [6.45, 7) is 6.54. The Bertz CT molecular complexity index is 1470. The predicted octanol–water partition coefficient (Wildman–Crippen LogP) is 3.58. The van der Waals surface area contributed by atoms with Gasteiger partial charge in [0.05, 0.1) is 5.52 Å². The first-order valence-electron chi connectivity index (χ1n) is 12.2. The summed E-state index contributed by atoms with van der Waals surface area (Å²) in [4.78, 5) is 32.9. The van der Waals surface area contributed by atoms with Crippen molar-refractivity contribution in [3.63, 3.8) is 0 Å². The quantitative estimate of drug-likeness (QED) is 0.338. The van der Waals surface area contributed by atoms with Crippen LogP contribution >= 0.6 is 0 Å². The molecule has 4 aromatic rings. The number of fused-ring (bicyclic) bond motifs is 1. The van der Waals surface area contributed by atoms with E-state index < -0.39 is 23.3 Å². The van der Waals surface area contributed by atoms with Crippen LogP contribution in [0.3, 0.4) is 0 Å². The Kier molecular flexibility index (Phi) is 7.16. The molecule has 12 heteroatoms. The Morgan fingerprint density at radius 3 is 2.63 bits per heavy atom. The van der Waals surface area contributed by atoms with Gasteiger partial charge in [-0.1, -0.05) is 6.07 Å². The lowest BCUT2D eigenvalue weighted by atomic mass is 10.2. The zero-order chi connectivity index (χ0) is 26.8. The molecule has 0 unspecified atom stereocenters. The van der Waals surface area contributed by atoms with E-state index in [1.54, 1.807) is 19.2 Å². The van der Waals surface area contributed by atoms with Crippen LogP contribution in [0.4, 0.5) is 20.4 Å². The molecule has 0 saturated carbocycles. The van der Waals surface area contributed by atoms with Gasteiger partial charge in [0, 0.05) is 63.1 Å². The first-order valence-corrected chi connectivity index (χ1v) is 12.2. The summed E-state index contributed by atoms with van der Waals surface area (Å²) in [5.74, 6) is -2.14.